The normalized spacial score (nSPS) is 10.5. The molecule has 1 aromatic carbocycles. The molecule has 1 N–H and O–H groups in total. The number of nitrogens with one attached hydrogen (secondary N) is 1. The van der Waals surface area contributed by atoms with Gasteiger partial charge in [-0.1, -0.05) is 12.1 Å². The van der Waals surface area contributed by atoms with E-state index in [0.29, 0.717) is 18.4 Å². The molecule has 0 spiro atoms. The molecule has 17 heavy (non-hydrogen) atoms. The van der Waals surface area contributed by atoms with E-state index in [1.165, 1.54) is 5.56 Å². The van der Waals surface area contributed by atoms with Crippen LogP contribution >= 0.6 is 0 Å². The Morgan fingerprint density at radius 3 is 2.59 bits per heavy atom. The van der Waals surface area contributed by atoms with Crippen molar-refractivity contribution in [3.63, 3.8) is 0 Å². The zero-order valence-electron chi connectivity index (χ0n) is 9.93. The molecule has 5 nitrogen and oxygen atoms in total. The molecule has 0 fully saturated rings. The average Bonchev–Trinajstić information content (AvgIpc) is 2.75. The lowest BCUT2D eigenvalue weighted by Crippen LogP contribution is -2.04. The second-order valence-corrected chi connectivity index (χ2v) is 3.68. The predicted octanol–water partition coefficient (Wildman–Crippen LogP) is 1.68. The first-order valence-electron chi connectivity index (χ1n) is 5.43. The van der Waals surface area contributed by atoms with Crippen molar-refractivity contribution in [2.24, 2.45) is 0 Å². The molecule has 5 heteroatoms. The molecule has 90 valence electrons. The molecule has 0 atom stereocenters. The van der Waals surface area contributed by atoms with Crippen molar-refractivity contribution in [2.75, 3.05) is 7.05 Å². The van der Waals surface area contributed by atoms with Gasteiger partial charge in [-0.15, -0.1) is 10.2 Å². The van der Waals surface area contributed by atoms with Gasteiger partial charge in [0.25, 0.3) is 5.89 Å². The molecular weight excluding hydrogens is 218 g/mol. The molecule has 0 aliphatic carbocycles. The molecule has 1 aromatic heterocycles. The zero-order valence-corrected chi connectivity index (χ0v) is 9.93. The van der Waals surface area contributed by atoms with Crippen LogP contribution in [0.25, 0.3) is 0 Å². The topological polar surface area (TPSA) is 60.2 Å². The number of rotatable bonds is 5. The molecule has 0 saturated heterocycles. The number of hydrogen-bond donors (Lipinski definition) is 1. The summed E-state index contributed by atoms with van der Waals surface area (Å²) in [5.41, 5.74) is 1.22. The van der Waals surface area contributed by atoms with Gasteiger partial charge in [-0.05, 0) is 24.7 Å². The molecule has 0 unspecified atom stereocenters. The average molecular weight is 233 g/mol. The lowest BCUT2D eigenvalue weighted by Gasteiger charge is -2.04. The van der Waals surface area contributed by atoms with Crippen LogP contribution in [-0.4, -0.2) is 17.2 Å². The van der Waals surface area contributed by atoms with E-state index in [1.54, 1.807) is 6.92 Å². The Morgan fingerprint density at radius 2 is 2.00 bits per heavy atom. The van der Waals surface area contributed by atoms with Crippen LogP contribution in [0.5, 0.6) is 5.75 Å². The second kappa shape index (κ2) is 5.45. The van der Waals surface area contributed by atoms with Crippen molar-refractivity contribution in [3.05, 3.63) is 41.6 Å². The third kappa shape index (κ3) is 3.29. The summed E-state index contributed by atoms with van der Waals surface area (Å²) in [5.74, 6) is 1.83. The minimum Gasteiger partial charge on any atom is -0.484 e. The van der Waals surface area contributed by atoms with E-state index in [2.05, 4.69) is 15.5 Å². The lowest BCUT2D eigenvalue weighted by atomic mass is 10.2. The molecule has 0 radical (unpaired) electrons. The Labute approximate surface area is 99.8 Å². The van der Waals surface area contributed by atoms with Gasteiger partial charge in [0.2, 0.25) is 5.89 Å². The molecule has 0 aliphatic heterocycles. The van der Waals surface area contributed by atoms with E-state index in [0.717, 1.165) is 12.3 Å². The maximum atomic E-state index is 5.52. The Kier molecular flexibility index (Phi) is 3.72. The van der Waals surface area contributed by atoms with Gasteiger partial charge in [0.15, 0.2) is 6.61 Å². The minimum atomic E-state index is 0.298. The van der Waals surface area contributed by atoms with Crippen LogP contribution in [0.3, 0.4) is 0 Å². The number of hydrogen-bond acceptors (Lipinski definition) is 5. The van der Waals surface area contributed by atoms with E-state index in [-0.39, 0.29) is 0 Å². The number of nitrogens with zero attached hydrogens (tertiary/aromatic N) is 2. The minimum absolute atomic E-state index is 0.298. The van der Waals surface area contributed by atoms with Crippen LogP contribution in [-0.2, 0) is 13.2 Å². The SMILES string of the molecule is CNCc1ccc(OCc2nnc(C)o2)cc1. The number of benzene rings is 1. The molecule has 2 aromatic rings. The standard InChI is InChI=1S/C12H15N3O2/c1-9-14-15-12(17-9)8-16-11-5-3-10(4-6-11)7-13-2/h3-6,13H,7-8H2,1-2H3. The monoisotopic (exact) mass is 233 g/mol. The Bertz CT molecular complexity index is 465. The predicted molar refractivity (Wildman–Crippen MR) is 62.6 cm³/mol. The summed E-state index contributed by atoms with van der Waals surface area (Å²) >= 11 is 0. The first-order chi connectivity index (χ1) is 8.28. The summed E-state index contributed by atoms with van der Waals surface area (Å²) in [6, 6.07) is 7.89. The fourth-order valence-corrected chi connectivity index (χ4v) is 1.45. The quantitative estimate of drug-likeness (QED) is 0.851. The van der Waals surface area contributed by atoms with E-state index in [4.69, 9.17) is 9.15 Å². The maximum absolute atomic E-state index is 5.52. The van der Waals surface area contributed by atoms with Gasteiger partial charge >= 0.3 is 0 Å². The second-order valence-electron chi connectivity index (χ2n) is 3.68. The zero-order chi connectivity index (χ0) is 12.1. The molecule has 1 heterocycles. The summed E-state index contributed by atoms with van der Waals surface area (Å²) < 4.78 is 10.7. The molecule has 2 rings (SSSR count). The first-order valence-corrected chi connectivity index (χ1v) is 5.43. The van der Waals surface area contributed by atoms with Gasteiger partial charge in [0.05, 0.1) is 0 Å². The highest BCUT2D eigenvalue weighted by atomic mass is 16.5. The summed E-state index contributed by atoms with van der Waals surface area (Å²) in [6.07, 6.45) is 0. The summed E-state index contributed by atoms with van der Waals surface area (Å²) in [4.78, 5) is 0. The highest BCUT2D eigenvalue weighted by Gasteiger charge is 2.03. The van der Waals surface area contributed by atoms with Crippen LogP contribution in [0.4, 0.5) is 0 Å². The Morgan fingerprint density at radius 1 is 1.24 bits per heavy atom. The van der Waals surface area contributed by atoms with Gasteiger partial charge in [0.1, 0.15) is 5.75 Å². The van der Waals surface area contributed by atoms with Crippen molar-refractivity contribution in [3.8, 4) is 5.75 Å². The highest BCUT2D eigenvalue weighted by molar-refractivity contribution is 5.27. The van der Waals surface area contributed by atoms with Crippen LogP contribution < -0.4 is 10.1 Å². The molecule has 0 aliphatic rings. The fourth-order valence-electron chi connectivity index (χ4n) is 1.45. The van der Waals surface area contributed by atoms with Crippen molar-refractivity contribution in [1.29, 1.82) is 0 Å². The van der Waals surface area contributed by atoms with Gasteiger partial charge < -0.3 is 14.5 Å². The third-order valence-electron chi connectivity index (χ3n) is 2.23. The molecule has 0 amide bonds. The van der Waals surface area contributed by atoms with E-state index in [1.807, 2.05) is 31.3 Å². The maximum Gasteiger partial charge on any atom is 0.253 e. The van der Waals surface area contributed by atoms with Gasteiger partial charge in [-0.25, -0.2) is 0 Å². The number of ether oxygens (including phenoxy) is 1. The Hall–Kier alpha value is -1.88. The van der Waals surface area contributed by atoms with Gasteiger partial charge in [0, 0.05) is 13.5 Å². The first kappa shape index (κ1) is 11.6. The van der Waals surface area contributed by atoms with Crippen molar-refractivity contribution < 1.29 is 9.15 Å². The largest absolute Gasteiger partial charge is 0.484 e. The third-order valence-corrected chi connectivity index (χ3v) is 2.23. The summed E-state index contributed by atoms with van der Waals surface area (Å²) in [5, 5.41) is 10.7. The smallest absolute Gasteiger partial charge is 0.253 e. The van der Waals surface area contributed by atoms with Crippen LogP contribution in [0, 0.1) is 6.92 Å². The molecule has 0 bridgehead atoms. The Balaban J connectivity index is 1.90. The van der Waals surface area contributed by atoms with Gasteiger partial charge in [-0.2, -0.15) is 0 Å². The van der Waals surface area contributed by atoms with E-state index < -0.39 is 0 Å². The number of aryl methyl sites for hydroxylation is 1. The fraction of sp³-hybridized carbons (Fsp3) is 0.333. The van der Waals surface area contributed by atoms with Crippen LogP contribution in [0.2, 0.25) is 0 Å². The lowest BCUT2D eigenvalue weighted by molar-refractivity contribution is 0.260. The molecular formula is C12H15N3O2. The number of aromatic nitrogens is 2. The van der Waals surface area contributed by atoms with E-state index in [9.17, 15) is 0 Å². The van der Waals surface area contributed by atoms with Crippen molar-refractivity contribution in [1.82, 2.24) is 15.5 Å². The van der Waals surface area contributed by atoms with Crippen molar-refractivity contribution >= 4 is 0 Å². The summed E-state index contributed by atoms with van der Waals surface area (Å²) in [7, 11) is 1.92. The highest BCUT2D eigenvalue weighted by Crippen LogP contribution is 2.13. The van der Waals surface area contributed by atoms with Crippen LogP contribution in [0.1, 0.15) is 17.3 Å². The summed E-state index contributed by atoms with van der Waals surface area (Å²) in [6.45, 7) is 2.90. The van der Waals surface area contributed by atoms with Crippen LogP contribution in [0.15, 0.2) is 28.7 Å². The molecule has 0 saturated carbocycles. The van der Waals surface area contributed by atoms with E-state index >= 15 is 0 Å². The van der Waals surface area contributed by atoms with Gasteiger partial charge in [-0.3, -0.25) is 0 Å². The van der Waals surface area contributed by atoms with Crippen molar-refractivity contribution in [2.45, 2.75) is 20.1 Å².